The molecule has 1 unspecified atom stereocenters. The van der Waals surface area contributed by atoms with Gasteiger partial charge in [-0.2, -0.15) is 0 Å². The van der Waals surface area contributed by atoms with E-state index in [-0.39, 0.29) is 5.25 Å². The quantitative estimate of drug-likeness (QED) is 0.472. The zero-order chi connectivity index (χ0) is 7.40. The molecular weight excluding hydrogens is 148 g/mol. The lowest BCUT2D eigenvalue weighted by atomic mass is 10.2. The molecule has 0 heterocycles. The monoisotopic (exact) mass is 162 g/mol. The summed E-state index contributed by atoms with van der Waals surface area (Å²) >= 11 is -1.56. The first-order valence-corrected chi connectivity index (χ1v) is 5.07. The Hall–Kier alpha value is 0.110. The summed E-state index contributed by atoms with van der Waals surface area (Å²) in [6.07, 6.45) is 6.65. The first-order valence-electron chi connectivity index (χ1n) is 3.90. The molecule has 0 saturated heterocycles. The lowest BCUT2D eigenvalue weighted by molar-refractivity contribution is 0.533. The van der Waals surface area contributed by atoms with Gasteiger partial charge in [0.25, 0.3) is 0 Å². The van der Waals surface area contributed by atoms with Crippen LogP contribution >= 0.6 is 0 Å². The fourth-order valence-electron chi connectivity index (χ4n) is 1.44. The Morgan fingerprint density at radius 3 is 2.00 bits per heavy atom. The van der Waals surface area contributed by atoms with E-state index >= 15 is 0 Å². The average Bonchev–Trinajstić information content (AvgIpc) is 2.12. The van der Waals surface area contributed by atoms with Crippen LogP contribution in [-0.2, 0) is 11.1 Å². The van der Waals surface area contributed by atoms with Gasteiger partial charge in [0.2, 0.25) is 0 Å². The molecule has 0 radical (unpaired) electrons. The summed E-state index contributed by atoms with van der Waals surface area (Å²) in [5, 5.41) is 0.0718. The van der Waals surface area contributed by atoms with Gasteiger partial charge in [-0.15, -0.1) is 0 Å². The predicted molar refractivity (Wildman–Crippen MR) is 42.3 cm³/mol. The fourth-order valence-corrected chi connectivity index (χ4v) is 2.18. The van der Waals surface area contributed by atoms with Crippen LogP contribution in [0.3, 0.4) is 0 Å². The van der Waals surface area contributed by atoms with Crippen LogP contribution in [0.15, 0.2) is 0 Å². The summed E-state index contributed by atoms with van der Waals surface area (Å²) in [7, 11) is 0. The molecule has 1 aliphatic rings. The molecular formula is C7H14O2S. The number of hydrogen-bond acceptors (Lipinski definition) is 1. The van der Waals surface area contributed by atoms with E-state index in [0.29, 0.717) is 0 Å². The summed E-state index contributed by atoms with van der Waals surface area (Å²) in [5.74, 6) is 0. The van der Waals surface area contributed by atoms with Crippen LogP contribution in [0.1, 0.15) is 38.5 Å². The smallest absolute Gasteiger partial charge is 0.155 e. The van der Waals surface area contributed by atoms with E-state index in [1.54, 1.807) is 0 Å². The Bertz CT molecular complexity index is 117. The molecule has 1 saturated carbocycles. The second-order valence-corrected chi connectivity index (χ2v) is 4.11. The van der Waals surface area contributed by atoms with Crippen molar-refractivity contribution in [1.29, 1.82) is 0 Å². The van der Waals surface area contributed by atoms with Crippen molar-refractivity contribution in [3.63, 3.8) is 0 Å². The number of rotatable bonds is 1. The van der Waals surface area contributed by atoms with E-state index < -0.39 is 11.1 Å². The Kier molecular flexibility index (Phi) is 3.35. The topological polar surface area (TPSA) is 37.3 Å². The number of hydrogen-bond donors (Lipinski definition) is 1. The van der Waals surface area contributed by atoms with E-state index in [1.807, 2.05) is 0 Å². The fraction of sp³-hybridized carbons (Fsp3) is 1.00. The minimum Gasteiger partial charge on any atom is -0.306 e. The van der Waals surface area contributed by atoms with Crippen molar-refractivity contribution in [3.05, 3.63) is 0 Å². The summed E-state index contributed by atoms with van der Waals surface area (Å²) in [5.41, 5.74) is 0. The average molecular weight is 162 g/mol. The predicted octanol–water partition coefficient (Wildman–Crippen LogP) is 1.93. The van der Waals surface area contributed by atoms with Crippen molar-refractivity contribution in [2.75, 3.05) is 0 Å². The molecule has 60 valence electrons. The molecule has 1 fully saturated rings. The van der Waals surface area contributed by atoms with Crippen LogP contribution in [0.5, 0.6) is 0 Å². The lowest BCUT2D eigenvalue weighted by Crippen LogP contribution is -2.12. The highest BCUT2D eigenvalue weighted by molar-refractivity contribution is 7.79. The molecule has 0 bridgehead atoms. The zero-order valence-electron chi connectivity index (χ0n) is 6.08. The Balaban J connectivity index is 2.35. The van der Waals surface area contributed by atoms with Gasteiger partial charge in [-0.25, -0.2) is 4.21 Å². The molecule has 1 rings (SSSR count). The van der Waals surface area contributed by atoms with Gasteiger partial charge in [-0.3, -0.25) is 0 Å². The van der Waals surface area contributed by atoms with E-state index in [2.05, 4.69) is 0 Å². The maximum atomic E-state index is 10.6. The van der Waals surface area contributed by atoms with Crippen molar-refractivity contribution in [2.45, 2.75) is 43.8 Å². The van der Waals surface area contributed by atoms with Gasteiger partial charge in [0.1, 0.15) is 0 Å². The van der Waals surface area contributed by atoms with Gasteiger partial charge in [0.05, 0.1) is 5.25 Å². The SMILES string of the molecule is O=S(O)C1CCCCCC1. The van der Waals surface area contributed by atoms with Gasteiger partial charge >= 0.3 is 0 Å². The van der Waals surface area contributed by atoms with E-state index in [4.69, 9.17) is 4.55 Å². The molecule has 1 atom stereocenters. The highest BCUT2D eigenvalue weighted by atomic mass is 32.2. The third-order valence-electron chi connectivity index (χ3n) is 2.09. The minimum atomic E-state index is -1.56. The van der Waals surface area contributed by atoms with Gasteiger partial charge < -0.3 is 4.55 Å². The second-order valence-electron chi connectivity index (χ2n) is 2.89. The van der Waals surface area contributed by atoms with Gasteiger partial charge in [0.15, 0.2) is 11.1 Å². The van der Waals surface area contributed by atoms with Gasteiger partial charge in [-0.1, -0.05) is 25.7 Å². The summed E-state index contributed by atoms with van der Waals surface area (Å²) in [6, 6.07) is 0. The van der Waals surface area contributed by atoms with Crippen molar-refractivity contribution >= 4 is 11.1 Å². The minimum absolute atomic E-state index is 0.0718. The largest absolute Gasteiger partial charge is 0.306 e. The van der Waals surface area contributed by atoms with Crippen LogP contribution in [0, 0.1) is 0 Å². The first kappa shape index (κ1) is 8.21. The molecule has 0 amide bonds. The third kappa shape index (κ3) is 2.39. The molecule has 0 aromatic heterocycles. The van der Waals surface area contributed by atoms with Gasteiger partial charge in [-0.05, 0) is 12.8 Å². The van der Waals surface area contributed by atoms with Gasteiger partial charge in [0, 0.05) is 0 Å². The summed E-state index contributed by atoms with van der Waals surface area (Å²) < 4.78 is 19.4. The highest BCUT2D eigenvalue weighted by Crippen LogP contribution is 2.20. The van der Waals surface area contributed by atoms with E-state index in [1.165, 1.54) is 12.8 Å². The molecule has 1 aliphatic carbocycles. The third-order valence-corrected chi connectivity index (χ3v) is 3.13. The second kappa shape index (κ2) is 4.09. The van der Waals surface area contributed by atoms with Crippen LogP contribution < -0.4 is 0 Å². The molecule has 2 nitrogen and oxygen atoms in total. The van der Waals surface area contributed by atoms with Crippen molar-refractivity contribution in [2.24, 2.45) is 0 Å². The van der Waals surface area contributed by atoms with Crippen LogP contribution in [-0.4, -0.2) is 14.0 Å². The van der Waals surface area contributed by atoms with Crippen LogP contribution in [0.2, 0.25) is 0 Å². The van der Waals surface area contributed by atoms with Crippen LogP contribution in [0.4, 0.5) is 0 Å². The standard InChI is InChI=1S/C7H14O2S/c8-10(9)7-5-3-1-2-4-6-7/h7H,1-6H2,(H,8,9). The lowest BCUT2D eigenvalue weighted by Gasteiger charge is -2.06. The molecule has 1 N–H and O–H groups in total. The van der Waals surface area contributed by atoms with Crippen molar-refractivity contribution < 1.29 is 8.76 Å². The molecule has 10 heavy (non-hydrogen) atoms. The molecule has 0 aliphatic heterocycles. The summed E-state index contributed by atoms with van der Waals surface area (Å²) in [6.45, 7) is 0. The van der Waals surface area contributed by atoms with Crippen LogP contribution in [0.25, 0.3) is 0 Å². The molecule has 0 aromatic carbocycles. The normalized spacial score (nSPS) is 25.7. The Morgan fingerprint density at radius 1 is 1.10 bits per heavy atom. The van der Waals surface area contributed by atoms with E-state index in [0.717, 1.165) is 25.7 Å². The molecule has 0 spiro atoms. The first-order chi connectivity index (χ1) is 4.80. The Morgan fingerprint density at radius 2 is 1.60 bits per heavy atom. The maximum absolute atomic E-state index is 10.6. The zero-order valence-corrected chi connectivity index (χ0v) is 6.90. The van der Waals surface area contributed by atoms with Crippen molar-refractivity contribution in [1.82, 2.24) is 0 Å². The van der Waals surface area contributed by atoms with E-state index in [9.17, 15) is 4.21 Å². The highest BCUT2D eigenvalue weighted by Gasteiger charge is 2.16. The molecule has 0 aromatic rings. The van der Waals surface area contributed by atoms with Crippen molar-refractivity contribution in [3.8, 4) is 0 Å². The Labute approximate surface area is 64.3 Å². The molecule has 3 heteroatoms. The summed E-state index contributed by atoms with van der Waals surface area (Å²) in [4.78, 5) is 0. The maximum Gasteiger partial charge on any atom is 0.155 e.